The van der Waals surface area contributed by atoms with Gasteiger partial charge in [0.25, 0.3) is 0 Å². The smallest absolute Gasteiger partial charge is 0.178 e. The highest BCUT2D eigenvalue weighted by molar-refractivity contribution is 5.56. The zero-order valence-electron chi connectivity index (χ0n) is 12.4. The summed E-state index contributed by atoms with van der Waals surface area (Å²) >= 11 is 0. The van der Waals surface area contributed by atoms with Gasteiger partial charge in [0.15, 0.2) is 5.82 Å². The summed E-state index contributed by atoms with van der Waals surface area (Å²) in [6.45, 7) is 5.22. The zero-order chi connectivity index (χ0) is 14.7. The van der Waals surface area contributed by atoms with E-state index in [9.17, 15) is 0 Å². The molecule has 6 heteroatoms. The van der Waals surface area contributed by atoms with Crippen molar-refractivity contribution in [2.24, 2.45) is 5.92 Å². The van der Waals surface area contributed by atoms with E-state index >= 15 is 0 Å². The molecule has 21 heavy (non-hydrogen) atoms. The van der Waals surface area contributed by atoms with Gasteiger partial charge in [-0.05, 0) is 30.9 Å². The van der Waals surface area contributed by atoms with Crippen molar-refractivity contribution in [2.75, 3.05) is 11.9 Å². The van der Waals surface area contributed by atoms with Crippen molar-refractivity contribution in [3.05, 3.63) is 31.0 Å². The SMILES string of the molecule is CC(C)C1CC(Nc2cccnc2-n2cncn2)CCO1. The first-order valence-electron chi connectivity index (χ1n) is 7.42. The summed E-state index contributed by atoms with van der Waals surface area (Å²) in [6, 6.07) is 4.36. The molecule has 0 aromatic carbocycles. The molecule has 1 saturated heterocycles. The summed E-state index contributed by atoms with van der Waals surface area (Å²) < 4.78 is 7.51. The molecule has 1 N–H and O–H groups in total. The number of anilines is 1. The van der Waals surface area contributed by atoms with Gasteiger partial charge in [0.2, 0.25) is 0 Å². The normalized spacial score (nSPS) is 22.4. The average molecular weight is 287 g/mol. The highest BCUT2D eigenvalue weighted by Gasteiger charge is 2.25. The molecular formula is C15H21N5O. The van der Waals surface area contributed by atoms with E-state index in [1.165, 1.54) is 6.33 Å². The van der Waals surface area contributed by atoms with E-state index in [0.717, 1.165) is 31.0 Å². The summed E-state index contributed by atoms with van der Waals surface area (Å²) in [6.07, 6.45) is 7.29. The summed E-state index contributed by atoms with van der Waals surface area (Å²) in [5.74, 6) is 1.32. The monoisotopic (exact) mass is 287 g/mol. The van der Waals surface area contributed by atoms with Gasteiger partial charge in [-0.15, -0.1) is 0 Å². The van der Waals surface area contributed by atoms with Crippen molar-refractivity contribution in [1.82, 2.24) is 19.7 Å². The number of pyridine rings is 1. The highest BCUT2D eigenvalue weighted by Crippen LogP contribution is 2.25. The van der Waals surface area contributed by atoms with Crippen molar-refractivity contribution < 1.29 is 4.74 Å². The van der Waals surface area contributed by atoms with Crippen LogP contribution in [0.4, 0.5) is 5.69 Å². The van der Waals surface area contributed by atoms with Gasteiger partial charge in [0.05, 0.1) is 11.8 Å². The predicted octanol–water partition coefficient (Wildman–Crippen LogP) is 2.28. The van der Waals surface area contributed by atoms with Crippen LogP contribution in [0.1, 0.15) is 26.7 Å². The number of aromatic nitrogens is 4. The molecule has 2 unspecified atom stereocenters. The number of rotatable bonds is 4. The Morgan fingerprint density at radius 3 is 3.10 bits per heavy atom. The van der Waals surface area contributed by atoms with Crippen LogP contribution in [-0.4, -0.2) is 38.5 Å². The standard InChI is InChI=1S/C15H21N5O/c1-11(2)14-8-12(5-7-21-14)19-13-4-3-6-17-15(13)20-10-16-9-18-20/h3-4,6,9-12,14,19H,5,7-8H2,1-2H3. The molecule has 1 aliphatic rings. The van der Waals surface area contributed by atoms with Crippen LogP contribution in [0.15, 0.2) is 31.0 Å². The minimum atomic E-state index is 0.322. The lowest BCUT2D eigenvalue weighted by Crippen LogP contribution is -2.36. The number of hydrogen-bond acceptors (Lipinski definition) is 5. The molecule has 0 bridgehead atoms. The molecule has 112 valence electrons. The Bertz CT molecular complexity index is 569. The van der Waals surface area contributed by atoms with Crippen molar-refractivity contribution in [1.29, 1.82) is 0 Å². The van der Waals surface area contributed by atoms with Gasteiger partial charge in [0, 0.05) is 18.8 Å². The number of ether oxygens (including phenoxy) is 1. The van der Waals surface area contributed by atoms with E-state index in [-0.39, 0.29) is 0 Å². The van der Waals surface area contributed by atoms with Crippen LogP contribution >= 0.6 is 0 Å². The van der Waals surface area contributed by atoms with Crippen molar-refractivity contribution in [2.45, 2.75) is 38.8 Å². The van der Waals surface area contributed by atoms with Crippen LogP contribution in [0.25, 0.3) is 5.82 Å². The molecule has 1 fully saturated rings. The van der Waals surface area contributed by atoms with E-state index in [0.29, 0.717) is 18.1 Å². The fourth-order valence-electron chi connectivity index (χ4n) is 2.65. The van der Waals surface area contributed by atoms with Gasteiger partial charge >= 0.3 is 0 Å². The summed E-state index contributed by atoms with van der Waals surface area (Å²) in [5.41, 5.74) is 0.984. The number of hydrogen-bond donors (Lipinski definition) is 1. The van der Waals surface area contributed by atoms with Gasteiger partial charge in [-0.3, -0.25) is 0 Å². The lowest BCUT2D eigenvalue weighted by atomic mass is 9.95. The van der Waals surface area contributed by atoms with Gasteiger partial charge < -0.3 is 10.1 Å². The Kier molecular flexibility index (Phi) is 4.15. The second-order valence-corrected chi connectivity index (χ2v) is 5.73. The molecule has 6 nitrogen and oxygen atoms in total. The van der Waals surface area contributed by atoms with E-state index in [1.807, 2.05) is 12.1 Å². The lowest BCUT2D eigenvalue weighted by molar-refractivity contribution is -0.0160. The molecule has 0 spiro atoms. The van der Waals surface area contributed by atoms with E-state index in [1.54, 1.807) is 17.2 Å². The summed E-state index contributed by atoms with van der Waals surface area (Å²) in [7, 11) is 0. The maximum Gasteiger partial charge on any atom is 0.178 e. The Hall–Kier alpha value is -1.95. The Labute approximate surface area is 124 Å². The molecular weight excluding hydrogens is 266 g/mol. The van der Waals surface area contributed by atoms with Crippen LogP contribution in [0.2, 0.25) is 0 Å². The summed E-state index contributed by atoms with van der Waals surface area (Å²) in [5, 5.41) is 7.75. The molecule has 2 atom stereocenters. The molecule has 3 rings (SSSR count). The maximum absolute atomic E-state index is 5.83. The minimum Gasteiger partial charge on any atom is -0.379 e. The third-order valence-electron chi connectivity index (χ3n) is 3.84. The average Bonchev–Trinajstić information content (AvgIpc) is 3.02. The van der Waals surface area contributed by atoms with E-state index in [4.69, 9.17) is 4.74 Å². The molecule has 1 aliphatic heterocycles. The molecule has 2 aromatic heterocycles. The third-order valence-corrected chi connectivity index (χ3v) is 3.84. The fourth-order valence-corrected chi connectivity index (χ4v) is 2.65. The molecule has 0 radical (unpaired) electrons. The molecule has 0 amide bonds. The topological polar surface area (TPSA) is 64.9 Å². The van der Waals surface area contributed by atoms with Crippen LogP contribution in [-0.2, 0) is 4.74 Å². The van der Waals surface area contributed by atoms with Crippen LogP contribution in [0, 0.1) is 5.92 Å². The van der Waals surface area contributed by atoms with Crippen molar-refractivity contribution >= 4 is 5.69 Å². The second-order valence-electron chi connectivity index (χ2n) is 5.73. The molecule has 3 heterocycles. The maximum atomic E-state index is 5.83. The molecule has 2 aromatic rings. The number of nitrogens with zero attached hydrogens (tertiary/aromatic N) is 4. The summed E-state index contributed by atoms with van der Waals surface area (Å²) in [4.78, 5) is 8.39. The lowest BCUT2D eigenvalue weighted by Gasteiger charge is -2.33. The Balaban J connectivity index is 1.76. The second kappa shape index (κ2) is 6.22. The van der Waals surface area contributed by atoms with Gasteiger partial charge in [-0.2, -0.15) is 5.10 Å². The van der Waals surface area contributed by atoms with Crippen LogP contribution < -0.4 is 5.32 Å². The predicted molar refractivity (Wildman–Crippen MR) is 80.4 cm³/mol. The quantitative estimate of drug-likeness (QED) is 0.934. The van der Waals surface area contributed by atoms with Gasteiger partial charge in [-0.1, -0.05) is 13.8 Å². The molecule has 0 saturated carbocycles. The Morgan fingerprint density at radius 1 is 1.43 bits per heavy atom. The Morgan fingerprint density at radius 2 is 2.33 bits per heavy atom. The van der Waals surface area contributed by atoms with Gasteiger partial charge in [-0.25, -0.2) is 14.6 Å². The van der Waals surface area contributed by atoms with Gasteiger partial charge in [0.1, 0.15) is 12.7 Å². The zero-order valence-corrected chi connectivity index (χ0v) is 12.4. The van der Waals surface area contributed by atoms with E-state index < -0.39 is 0 Å². The van der Waals surface area contributed by atoms with Crippen LogP contribution in [0.3, 0.4) is 0 Å². The van der Waals surface area contributed by atoms with Crippen LogP contribution in [0.5, 0.6) is 0 Å². The first-order chi connectivity index (χ1) is 10.2. The van der Waals surface area contributed by atoms with Crippen molar-refractivity contribution in [3.8, 4) is 5.82 Å². The fraction of sp³-hybridized carbons (Fsp3) is 0.533. The minimum absolute atomic E-state index is 0.322. The third kappa shape index (κ3) is 3.21. The highest BCUT2D eigenvalue weighted by atomic mass is 16.5. The largest absolute Gasteiger partial charge is 0.379 e. The first kappa shape index (κ1) is 14.0. The van der Waals surface area contributed by atoms with Crippen molar-refractivity contribution in [3.63, 3.8) is 0 Å². The first-order valence-corrected chi connectivity index (χ1v) is 7.42. The molecule has 0 aliphatic carbocycles. The van der Waals surface area contributed by atoms with E-state index in [2.05, 4.69) is 34.2 Å². The number of nitrogens with one attached hydrogen (secondary N) is 1.